The molecule has 15 heavy (non-hydrogen) atoms. The summed E-state index contributed by atoms with van der Waals surface area (Å²) in [5.74, 6) is -0.870. The van der Waals surface area contributed by atoms with Gasteiger partial charge in [-0.2, -0.15) is 5.26 Å². The van der Waals surface area contributed by atoms with Crippen LogP contribution >= 0.6 is 22.6 Å². The van der Waals surface area contributed by atoms with Crippen LogP contribution < -0.4 is 0 Å². The Balaban J connectivity index is 3.25. The number of halogens is 1. The zero-order valence-electron chi connectivity index (χ0n) is 8.25. The van der Waals surface area contributed by atoms with Crippen LogP contribution in [0.1, 0.15) is 23.6 Å². The summed E-state index contributed by atoms with van der Waals surface area (Å²) in [4.78, 5) is 10.6. The number of carbonyl (C=O) groups is 1. The molecule has 0 aromatic heterocycles. The molecule has 0 heterocycles. The van der Waals surface area contributed by atoms with Crippen LogP contribution in [0.25, 0.3) is 0 Å². The number of rotatable bonds is 3. The maximum Gasteiger partial charge on any atom is 0.307 e. The predicted molar refractivity (Wildman–Crippen MR) is 64.6 cm³/mol. The smallest absolute Gasteiger partial charge is 0.307 e. The highest BCUT2D eigenvalue weighted by Crippen LogP contribution is 2.21. The van der Waals surface area contributed by atoms with E-state index in [1.165, 1.54) is 0 Å². The van der Waals surface area contributed by atoms with Crippen molar-refractivity contribution in [3.63, 3.8) is 0 Å². The van der Waals surface area contributed by atoms with Crippen molar-refractivity contribution in [2.75, 3.05) is 0 Å². The summed E-state index contributed by atoms with van der Waals surface area (Å²) >= 11 is 2.13. The van der Waals surface area contributed by atoms with E-state index in [1.54, 1.807) is 6.07 Å². The number of hydrogen-bond donors (Lipinski definition) is 1. The van der Waals surface area contributed by atoms with Crippen molar-refractivity contribution in [3.05, 3.63) is 32.4 Å². The van der Waals surface area contributed by atoms with E-state index in [0.29, 0.717) is 5.56 Å². The first-order valence-corrected chi connectivity index (χ1v) is 5.59. The zero-order chi connectivity index (χ0) is 11.4. The lowest BCUT2D eigenvalue weighted by molar-refractivity contribution is -0.136. The third-order valence-electron chi connectivity index (χ3n) is 2.07. The molecule has 0 aliphatic heterocycles. The Bertz CT molecular complexity index is 435. The van der Waals surface area contributed by atoms with E-state index in [-0.39, 0.29) is 6.42 Å². The third kappa shape index (κ3) is 2.93. The molecule has 1 aromatic carbocycles. The summed E-state index contributed by atoms with van der Waals surface area (Å²) in [6.45, 7) is 1.99. The lowest BCUT2D eigenvalue weighted by Gasteiger charge is -2.07. The molecule has 0 radical (unpaired) electrons. The molecular weight excluding hydrogens is 305 g/mol. The van der Waals surface area contributed by atoms with Gasteiger partial charge in [-0.25, -0.2) is 0 Å². The summed E-state index contributed by atoms with van der Waals surface area (Å²) < 4.78 is 0.955. The molecule has 0 aliphatic carbocycles. The van der Waals surface area contributed by atoms with Gasteiger partial charge in [0.05, 0.1) is 18.1 Å². The molecule has 0 spiro atoms. The fourth-order valence-corrected chi connectivity index (χ4v) is 2.25. The second-order valence-corrected chi connectivity index (χ2v) is 4.22. The summed E-state index contributed by atoms with van der Waals surface area (Å²) in [6.07, 6.45) is 0.779. The lowest BCUT2D eigenvalue weighted by Crippen LogP contribution is -2.04. The Hall–Kier alpha value is -1.09. The van der Waals surface area contributed by atoms with Crippen LogP contribution in [0.4, 0.5) is 0 Å². The van der Waals surface area contributed by atoms with Crippen LogP contribution in [0, 0.1) is 14.9 Å². The number of aryl methyl sites for hydroxylation is 1. The topological polar surface area (TPSA) is 61.1 Å². The minimum atomic E-state index is -0.870. The molecule has 1 aromatic rings. The highest BCUT2D eigenvalue weighted by atomic mass is 127. The normalized spacial score (nSPS) is 9.67. The summed E-state index contributed by atoms with van der Waals surface area (Å²) in [5.41, 5.74) is 2.29. The van der Waals surface area contributed by atoms with E-state index >= 15 is 0 Å². The molecule has 0 atom stereocenters. The van der Waals surface area contributed by atoms with Gasteiger partial charge in [0.25, 0.3) is 0 Å². The number of hydrogen-bond acceptors (Lipinski definition) is 2. The molecule has 0 fully saturated rings. The monoisotopic (exact) mass is 315 g/mol. The number of carboxylic acid groups (broad SMARTS) is 1. The van der Waals surface area contributed by atoms with Gasteiger partial charge in [0.2, 0.25) is 0 Å². The van der Waals surface area contributed by atoms with Gasteiger partial charge < -0.3 is 5.11 Å². The zero-order valence-corrected chi connectivity index (χ0v) is 10.4. The van der Waals surface area contributed by atoms with Gasteiger partial charge in [-0.3, -0.25) is 4.79 Å². The van der Waals surface area contributed by atoms with Crippen LogP contribution in [0.2, 0.25) is 0 Å². The Morgan fingerprint density at radius 2 is 2.13 bits per heavy atom. The van der Waals surface area contributed by atoms with Crippen LogP contribution in [-0.4, -0.2) is 11.1 Å². The van der Waals surface area contributed by atoms with Crippen molar-refractivity contribution in [1.29, 1.82) is 5.26 Å². The van der Waals surface area contributed by atoms with Gasteiger partial charge in [-0.05, 0) is 52.3 Å². The largest absolute Gasteiger partial charge is 0.481 e. The third-order valence-corrected chi connectivity index (χ3v) is 3.46. The van der Waals surface area contributed by atoms with Gasteiger partial charge in [0.1, 0.15) is 0 Å². The van der Waals surface area contributed by atoms with Crippen LogP contribution in [-0.2, 0) is 17.6 Å². The summed E-state index contributed by atoms with van der Waals surface area (Å²) in [7, 11) is 0. The van der Waals surface area contributed by atoms with Crippen molar-refractivity contribution in [2.24, 2.45) is 0 Å². The summed E-state index contributed by atoms with van der Waals surface area (Å²) in [6, 6.07) is 5.51. The van der Waals surface area contributed by atoms with Gasteiger partial charge in [0.15, 0.2) is 0 Å². The number of carboxylic acids is 1. The first kappa shape index (κ1) is 12.0. The molecular formula is C11H10INO2. The molecule has 4 heteroatoms. The predicted octanol–water partition coefficient (Wildman–Crippen LogP) is 2.35. The fraction of sp³-hybridized carbons (Fsp3) is 0.273. The van der Waals surface area contributed by atoms with Crippen molar-refractivity contribution < 1.29 is 9.90 Å². The molecule has 0 saturated carbocycles. The Morgan fingerprint density at radius 3 is 2.60 bits per heavy atom. The van der Waals surface area contributed by atoms with Crippen molar-refractivity contribution in [3.8, 4) is 6.07 Å². The molecule has 0 bridgehead atoms. The van der Waals surface area contributed by atoms with E-state index in [2.05, 4.69) is 22.6 Å². The second kappa shape index (κ2) is 5.12. The minimum Gasteiger partial charge on any atom is -0.481 e. The van der Waals surface area contributed by atoms with Gasteiger partial charge in [-0.1, -0.05) is 6.92 Å². The van der Waals surface area contributed by atoms with Gasteiger partial charge >= 0.3 is 5.97 Å². The minimum absolute atomic E-state index is 0.0270. The maximum atomic E-state index is 10.6. The van der Waals surface area contributed by atoms with Crippen LogP contribution in [0.15, 0.2) is 12.1 Å². The molecule has 0 unspecified atom stereocenters. The van der Waals surface area contributed by atoms with Crippen LogP contribution in [0.3, 0.4) is 0 Å². The van der Waals surface area contributed by atoms with Crippen molar-refractivity contribution in [1.82, 2.24) is 0 Å². The lowest BCUT2D eigenvalue weighted by atomic mass is 10.0. The van der Waals surface area contributed by atoms with E-state index in [1.807, 2.05) is 19.1 Å². The van der Waals surface area contributed by atoms with E-state index < -0.39 is 5.97 Å². The molecule has 78 valence electrons. The second-order valence-electron chi connectivity index (χ2n) is 3.14. The summed E-state index contributed by atoms with van der Waals surface area (Å²) in [5, 5.41) is 17.5. The van der Waals surface area contributed by atoms with E-state index in [0.717, 1.165) is 21.1 Å². The molecule has 0 amide bonds. The average Bonchev–Trinajstić information content (AvgIpc) is 2.20. The standard InChI is InChI=1S/C11H10INO2/c1-2-8-3-7(6-13)4-9(11(8)12)5-10(14)15/h3-4H,2,5H2,1H3,(H,14,15). The van der Waals surface area contributed by atoms with Crippen LogP contribution in [0.5, 0.6) is 0 Å². The number of benzene rings is 1. The first-order valence-electron chi connectivity index (χ1n) is 4.51. The fourth-order valence-electron chi connectivity index (χ4n) is 1.36. The number of nitrogens with zero attached hydrogens (tertiary/aromatic N) is 1. The first-order chi connectivity index (χ1) is 7.08. The molecule has 0 aliphatic rings. The van der Waals surface area contributed by atoms with Crippen molar-refractivity contribution >= 4 is 28.6 Å². The quantitative estimate of drug-likeness (QED) is 0.871. The molecule has 1 rings (SSSR count). The Kier molecular flexibility index (Phi) is 4.09. The van der Waals surface area contributed by atoms with Gasteiger partial charge in [-0.15, -0.1) is 0 Å². The van der Waals surface area contributed by atoms with Gasteiger partial charge in [0, 0.05) is 3.57 Å². The molecule has 1 N–H and O–H groups in total. The molecule has 3 nitrogen and oxygen atoms in total. The molecule has 0 saturated heterocycles. The Morgan fingerprint density at radius 1 is 1.53 bits per heavy atom. The van der Waals surface area contributed by atoms with Crippen molar-refractivity contribution in [2.45, 2.75) is 19.8 Å². The SMILES string of the molecule is CCc1cc(C#N)cc(CC(=O)O)c1I. The number of aliphatic carboxylic acids is 1. The highest BCUT2D eigenvalue weighted by Gasteiger charge is 2.10. The average molecular weight is 315 g/mol. The van der Waals surface area contributed by atoms with E-state index in [4.69, 9.17) is 10.4 Å². The Labute approximate surface area is 102 Å². The maximum absolute atomic E-state index is 10.6. The highest BCUT2D eigenvalue weighted by molar-refractivity contribution is 14.1. The number of nitriles is 1. The van der Waals surface area contributed by atoms with E-state index in [9.17, 15) is 4.79 Å².